The van der Waals surface area contributed by atoms with Gasteiger partial charge in [0.25, 0.3) is 0 Å². The fourth-order valence-corrected chi connectivity index (χ4v) is 3.73. The summed E-state index contributed by atoms with van der Waals surface area (Å²) in [7, 11) is 0. The number of hydrogen-bond acceptors (Lipinski definition) is 3. The van der Waals surface area contributed by atoms with E-state index < -0.39 is 36.6 Å². The van der Waals surface area contributed by atoms with Crippen molar-refractivity contribution >= 4 is 11.9 Å². The highest BCUT2D eigenvalue weighted by Gasteiger charge is 2.53. The van der Waals surface area contributed by atoms with Gasteiger partial charge in [-0.1, -0.05) is 19.8 Å². The SMILES string of the molecule is CC1CCCCC1NC(=O)C(C)N1C[C@@H](C(F)(F)F)[C@H](C(=O)O)C1. The van der Waals surface area contributed by atoms with Crippen LogP contribution in [0.25, 0.3) is 0 Å². The number of carboxylic acid groups (broad SMARTS) is 1. The van der Waals surface area contributed by atoms with Crippen LogP contribution in [0.15, 0.2) is 0 Å². The molecule has 8 heteroatoms. The van der Waals surface area contributed by atoms with Crippen LogP contribution in [0.3, 0.4) is 0 Å². The van der Waals surface area contributed by atoms with Gasteiger partial charge in [0.2, 0.25) is 5.91 Å². The maximum atomic E-state index is 13.0. The number of carbonyl (C=O) groups is 2. The van der Waals surface area contributed by atoms with Crippen LogP contribution >= 0.6 is 0 Å². The van der Waals surface area contributed by atoms with Gasteiger partial charge < -0.3 is 10.4 Å². The number of rotatable bonds is 4. The van der Waals surface area contributed by atoms with Crippen molar-refractivity contribution in [3.63, 3.8) is 0 Å². The average molecular weight is 350 g/mol. The predicted octanol–water partition coefficient (Wildman–Crippen LogP) is 2.26. The number of alkyl halides is 3. The minimum atomic E-state index is -4.58. The lowest BCUT2D eigenvalue weighted by molar-refractivity contribution is -0.188. The Morgan fingerprint density at radius 3 is 2.33 bits per heavy atom. The van der Waals surface area contributed by atoms with Crippen LogP contribution in [0, 0.1) is 17.8 Å². The molecule has 0 aromatic rings. The smallest absolute Gasteiger partial charge is 0.393 e. The summed E-state index contributed by atoms with van der Waals surface area (Å²) in [6.07, 6.45) is -0.512. The molecule has 0 spiro atoms. The molecule has 2 rings (SSSR count). The zero-order chi connectivity index (χ0) is 18.1. The average Bonchev–Trinajstić information content (AvgIpc) is 2.94. The number of hydrogen-bond donors (Lipinski definition) is 2. The molecule has 1 heterocycles. The third-order valence-corrected chi connectivity index (χ3v) is 5.45. The molecule has 5 nitrogen and oxygen atoms in total. The summed E-state index contributed by atoms with van der Waals surface area (Å²) in [6.45, 7) is 2.90. The first-order valence-electron chi connectivity index (χ1n) is 8.45. The number of carboxylic acids is 1. The normalized spacial score (nSPS) is 33.2. The van der Waals surface area contributed by atoms with Crippen molar-refractivity contribution < 1.29 is 27.9 Å². The molecule has 1 saturated carbocycles. The van der Waals surface area contributed by atoms with E-state index in [1.54, 1.807) is 6.92 Å². The second-order valence-corrected chi connectivity index (χ2v) is 7.10. The number of likely N-dealkylation sites (tertiary alicyclic amines) is 1. The Hall–Kier alpha value is -1.31. The molecule has 138 valence electrons. The molecule has 1 aliphatic heterocycles. The maximum absolute atomic E-state index is 13.0. The molecule has 24 heavy (non-hydrogen) atoms. The Kier molecular flexibility index (Phi) is 5.78. The first kappa shape index (κ1) is 19.0. The maximum Gasteiger partial charge on any atom is 0.393 e. The van der Waals surface area contributed by atoms with Crippen LogP contribution in [0.2, 0.25) is 0 Å². The Labute approximate surface area is 139 Å². The van der Waals surface area contributed by atoms with E-state index >= 15 is 0 Å². The summed E-state index contributed by atoms with van der Waals surface area (Å²) in [6, 6.07) is -0.724. The van der Waals surface area contributed by atoms with Gasteiger partial charge >= 0.3 is 12.1 Å². The molecule has 0 radical (unpaired) electrons. The van der Waals surface area contributed by atoms with E-state index in [-0.39, 0.29) is 18.5 Å². The number of halogens is 3. The van der Waals surface area contributed by atoms with Crippen LogP contribution in [-0.4, -0.2) is 53.2 Å². The van der Waals surface area contributed by atoms with Crippen LogP contribution in [0.4, 0.5) is 13.2 Å². The van der Waals surface area contributed by atoms with E-state index in [2.05, 4.69) is 12.2 Å². The van der Waals surface area contributed by atoms with Crippen molar-refractivity contribution in [2.24, 2.45) is 17.8 Å². The van der Waals surface area contributed by atoms with E-state index in [1.165, 1.54) is 4.90 Å². The zero-order valence-corrected chi connectivity index (χ0v) is 14.0. The largest absolute Gasteiger partial charge is 0.481 e. The van der Waals surface area contributed by atoms with E-state index in [0.717, 1.165) is 25.7 Å². The summed E-state index contributed by atoms with van der Waals surface area (Å²) in [5, 5.41) is 12.0. The molecule has 1 saturated heterocycles. The number of aliphatic carboxylic acids is 1. The fraction of sp³-hybridized carbons (Fsp3) is 0.875. The third-order valence-electron chi connectivity index (χ3n) is 5.45. The summed E-state index contributed by atoms with van der Waals surface area (Å²) in [4.78, 5) is 24.9. The first-order valence-corrected chi connectivity index (χ1v) is 8.45. The number of nitrogens with zero attached hydrogens (tertiary/aromatic N) is 1. The molecule has 1 aliphatic carbocycles. The Balaban J connectivity index is 2.00. The molecular weight excluding hydrogens is 325 g/mol. The van der Waals surface area contributed by atoms with Gasteiger partial charge in [-0.3, -0.25) is 14.5 Å². The fourth-order valence-electron chi connectivity index (χ4n) is 3.73. The lowest BCUT2D eigenvalue weighted by Gasteiger charge is -2.32. The predicted molar refractivity (Wildman–Crippen MR) is 81.3 cm³/mol. The van der Waals surface area contributed by atoms with E-state index in [9.17, 15) is 22.8 Å². The highest BCUT2D eigenvalue weighted by Crippen LogP contribution is 2.38. The highest BCUT2D eigenvalue weighted by atomic mass is 19.4. The van der Waals surface area contributed by atoms with E-state index in [1.807, 2.05) is 0 Å². The summed E-state index contributed by atoms with van der Waals surface area (Å²) >= 11 is 0. The minimum absolute atomic E-state index is 0.0463. The van der Waals surface area contributed by atoms with Crippen LogP contribution in [-0.2, 0) is 9.59 Å². The third kappa shape index (κ3) is 4.20. The first-order chi connectivity index (χ1) is 11.1. The van der Waals surface area contributed by atoms with Crippen LogP contribution < -0.4 is 5.32 Å². The quantitative estimate of drug-likeness (QED) is 0.816. The topological polar surface area (TPSA) is 69.6 Å². The van der Waals surface area contributed by atoms with Gasteiger partial charge in [0.05, 0.1) is 17.9 Å². The van der Waals surface area contributed by atoms with Gasteiger partial charge in [-0.05, 0) is 25.7 Å². The van der Waals surface area contributed by atoms with Crippen molar-refractivity contribution in [2.45, 2.75) is 57.8 Å². The molecule has 2 aliphatic rings. The Morgan fingerprint density at radius 2 is 1.83 bits per heavy atom. The lowest BCUT2D eigenvalue weighted by Crippen LogP contribution is -2.50. The summed E-state index contributed by atoms with van der Waals surface area (Å²) in [5.74, 6) is -4.88. The standard InChI is InChI=1S/C16H25F3N2O3/c1-9-5-3-4-6-13(9)20-14(22)10(2)21-7-11(15(23)24)12(8-21)16(17,18)19/h9-13H,3-8H2,1-2H3,(H,20,22)(H,23,24)/t9?,10?,11-,12-,13?/m1/s1. The lowest BCUT2D eigenvalue weighted by atomic mass is 9.86. The number of carbonyl (C=O) groups excluding carboxylic acids is 1. The van der Waals surface area contributed by atoms with Gasteiger partial charge in [-0.2, -0.15) is 13.2 Å². The molecule has 1 amide bonds. The van der Waals surface area contributed by atoms with Gasteiger partial charge in [-0.15, -0.1) is 0 Å². The van der Waals surface area contributed by atoms with Crippen LogP contribution in [0.1, 0.15) is 39.5 Å². The Bertz CT molecular complexity index is 484. The van der Waals surface area contributed by atoms with E-state index in [4.69, 9.17) is 5.11 Å². The summed E-state index contributed by atoms with van der Waals surface area (Å²) < 4.78 is 39.1. The van der Waals surface area contributed by atoms with E-state index in [0.29, 0.717) is 5.92 Å². The zero-order valence-electron chi connectivity index (χ0n) is 14.0. The molecular formula is C16H25F3N2O3. The second kappa shape index (κ2) is 7.29. The van der Waals surface area contributed by atoms with Gasteiger partial charge in [0.1, 0.15) is 0 Å². The molecule has 5 atom stereocenters. The van der Waals surface area contributed by atoms with Crippen molar-refractivity contribution in [1.82, 2.24) is 10.2 Å². The van der Waals surface area contributed by atoms with Gasteiger partial charge in [-0.25, -0.2) is 0 Å². The number of nitrogens with one attached hydrogen (secondary N) is 1. The van der Waals surface area contributed by atoms with Crippen LogP contribution in [0.5, 0.6) is 0 Å². The monoisotopic (exact) mass is 350 g/mol. The van der Waals surface area contributed by atoms with Crippen molar-refractivity contribution in [2.75, 3.05) is 13.1 Å². The van der Waals surface area contributed by atoms with Gasteiger partial charge in [0.15, 0.2) is 0 Å². The molecule has 0 aromatic heterocycles. The highest BCUT2D eigenvalue weighted by molar-refractivity contribution is 5.82. The molecule has 3 unspecified atom stereocenters. The van der Waals surface area contributed by atoms with Crippen molar-refractivity contribution in [3.05, 3.63) is 0 Å². The Morgan fingerprint density at radius 1 is 1.21 bits per heavy atom. The summed E-state index contributed by atoms with van der Waals surface area (Å²) in [5.41, 5.74) is 0. The molecule has 2 N–H and O–H groups in total. The van der Waals surface area contributed by atoms with Crippen molar-refractivity contribution in [3.8, 4) is 0 Å². The number of amides is 1. The van der Waals surface area contributed by atoms with Crippen molar-refractivity contribution in [1.29, 1.82) is 0 Å². The molecule has 0 aromatic carbocycles. The molecule has 2 fully saturated rings. The van der Waals surface area contributed by atoms with Gasteiger partial charge in [0, 0.05) is 19.1 Å². The molecule has 0 bridgehead atoms. The minimum Gasteiger partial charge on any atom is -0.481 e. The second-order valence-electron chi connectivity index (χ2n) is 7.10.